The highest BCUT2D eigenvalue weighted by Gasteiger charge is 2.10. The molecule has 88 valence electrons. The zero-order valence-corrected chi connectivity index (χ0v) is 9.43. The van der Waals surface area contributed by atoms with E-state index in [2.05, 4.69) is 14.9 Å². The minimum absolute atomic E-state index is 0.399. The lowest BCUT2D eigenvalue weighted by Gasteiger charge is -2.14. The van der Waals surface area contributed by atoms with Crippen LogP contribution in [0, 0.1) is 0 Å². The van der Waals surface area contributed by atoms with Gasteiger partial charge in [0, 0.05) is 19.3 Å². The van der Waals surface area contributed by atoms with E-state index in [1.807, 2.05) is 0 Å². The summed E-state index contributed by atoms with van der Waals surface area (Å²) in [6, 6.07) is 0. The molecule has 5 heteroatoms. The monoisotopic (exact) mass is 222 g/mol. The van der Waals surface area contributed by atoms with Gasteiger partial charge in [-0.05, 0) is 25.9 Å². The molecule has 2 N–H and O–H groups in total. The molecule has 2 rings (SSSR count). The third-order valence-corrected chi connectivity index (χ3v) is 2.73. The maximum atomic E-state index is 5.54. The van der Waals surface area contributed by atoms with E-state index in [9.17, 15) is 0 Å². The van der Waals surface area contributed by atoms with E-state index in [4.69, 9.17) is 10.5 Å². The number of nitrogens with two attached hydrogens (primary N) is 1. The highest BCUT2D eigenvalue weighted by atomic mass is 16.5. The van der Waals surface area contributed by atoms with Crippen LogP contribution < -0.4 is 10.5 Å². The fourth-order valence-electron chi connectivity index (χ4n) is 1.84. The normalized spacial score (nSPS) is 16.6. The van der Waals surface area contributed by atoms with Crippen molar-refractivity contribution in [2.45, 2.75) is 19.4 Å². The molecule has 1 aromatic rings. The molecule has 0 unspecified atom stereocenters. The lowest BCUT2D eigenvalue weighted by molar-refractivity contribution is 0.231. The molecule has 0 atom stereocenters. The zero-order chi connectivity index (χ0) is 11.2. The summed E-state index contributed by atoms with van der Waals surface area (Å²) < 4.78 is 5.54. The summed E-state index contributed by atoms with van der Waals surface area (Å²) in [5.74, 6) is 0.571. The molecule has 1 aliphatic rings. The van der Waals surface area contributed by atoms with Crippen LogP contribution in [0.1, 0.15) is 18.5 Å². The summed E-state index contributed by atoms with van der Waals surface area (Å²) in [4.78, 5) is 10.7. The van der Waals surface area contributed by atoms with Crippen LogP contribution in [0.5, 0.6) is 5.88 Å². The van der Waals surface area contributed by atoms with E-state index in [0.29, 0.717) is 19.0 Å². The Labute approximate surface area is 95.6 Å². The van der Waals surface area contributed by atoms with Crippen molar-refractivity contribution in [1.82, 2.24) is 14.9 Å². The van der Waals surface area contributed by atoms with E-state index >= 15 is 0 Å². The number of hydrogen-bond acceptors (Lipinski definition) is 5. The Morgan fingerprint density at radius 3 is 2.88 bits per heavy atom. The van der Waals surface area contributed by atoms with Crippen LogP contribution >= 0.6 is 0 Å². The predicted octanol–water partition coefficient (Wildman–Crippen LogP) is 0.410. The third-order valence-electron chi connectivity index (χ3n) is 2.73. The topological polar surface area (TPSA) is 64.3 Å². The maximum Gasteiger partial charge on any atom is 0.232 e. The average molecular weight is 222 g/mol. The smallest absolute Gasteiger partial charge is 0.232 e. The van der Waals surface area contributed by atoms with Gasteiger partial charge in [-0.2, -0.15) is 0 Å². The van der Waals surface area contributed by atoms with E-state index in [0.717, 1.165) is 12.2 Å². The molecular weight excluding hydrogens is 204 g/mol. The van der Waals surface area contributed by atoms with E-state index in [1.54, 1.807) is 12.4 Å². The second kappa shape index (κ2) is 5.77. The van der Waals surface area contributed by atoms with Gasteiger partial charge in [-0.25, -0.2) is 4.98 Å². The molecule has 1 fully saturated rings. The molecule has 5 nitrogen and oxygen atoms in total. The van der Waals surface area contributed by atoms with Crippen molar-refractivity contribution in [2.75, 3.05) is 26.2 Å². The summed E-state index contributed by atoms with van der Waals surface area (Å²) in [5.41, 5.74) is 6.24. The van der Waals surface area contributed by atoms with Crippen molar-refractivity contribution in [3.63, 3.8) is 0 Å². The number of ether oxygens (including phenoxy) is 1. The molecule has 0 amide bonds. The number of hydrogen-bond donors (Lipinski definition) is 1. The average Bonchev–Trinajstić information content (AvgIpc) is 2.82. The number of likely N-dealkylation sites (tertiary alicyclic amines) is 1. The van der Waals surface area contributed by atoms with Gasteiger partial charge in [-0.15, -0.1) is 0 Å². The molecule has 0 saturated carbocycles. The van der Waals surface area contributed by atoms with Gasteiger partial charge in [-0.1, -0.05) is 0 Å². The van der Waals surface area contributed by atoms with Crippen LogP contribution in [0.25, 0.3) is 0 Å². The molecule has 1 aromatic heterocycles. The molecular formula is C11H18N4O. The highest BCUT2D eigenvalue weighted by Crippen LogP contribution is 2.08. The Hall–Kier alpha value is -1.20. The Morgan fingerprint density at radius 1 is 1.31 bits per heavy atom. The van der Waals surface area contributed by atoms with Crippen LogP contribution in [0.15, 0.2) is 12.4 Å². The van der Waals surface area contributed by atoms with Crippen molar-refractivity contribution in [1.29, 1.82) is 0 Å². The molecule has 0 bridgehead atoms. The van der Waals surface area contributed by atoms with Gasteiger partial charge in [-0.3, -0.25) is 9.88 Å². The third kappa shape index (κ3) is 3.15. The largest absolute Gasteiger partial charge is 0.475 e. The summed E-state index contributed by atoms with van der Waals surface area (Å²) in [6.07, 6.45) is 5.90. The predicted molar refractivity (Wildman–Crippen MR) is 61.1 cm³/mol. The van der Waals surface area contributed by atoms with Gasteiger partial charge in [0.2, 0.25) is 5.88 Å². The quantitative estimate of drug-likeness (QED) is 0.781. The van der Waals surface area contributed by atoms with Crippen LogP contribution in [0.2, 0.25) is 0 Å². The number of nitrogens with zero attached hydrogens (tertiary/aromatic N) is 3. The standard InChI is InChI=1S/C11H18N4O/c12-7-10-8-13-9-11(14-10)16-6-5-15-3-1-2-4-15/h8-9H,1-7,12H2. The van der Waals surface area contributed by atoms with Gasteiger partial charge >= 0.3 is 0 Å². The van der Waals surface area contributed by atoms with Crippen molar-refractivity contribution >= 4 is 0 Å². The molecule has 1 saturated heterocycles. The first-order chi connectivity index (χ1) is 7.88. The first kappa shape index (κ1) is 11.3. The van der Waals surface area contributed by atoms with Crippen molar-refractivity contribution in [3.8, 4) is 5.88 Å². The summed E-state index contributed by atoms with van der Waals surface area (Å²) in [5, 5.41) is 0. The van der Waals surface area contributed by atoms with Gasteiger partial charge in [0.15, 0.2) is 0 Å². The molecule has 0 spiro atoms. The van der Waals surface area contributed by atoms with Crippen molar-refractivity contribution in [2.24, 2.45) is 5.73 Å². The Bertz CT molecular complexity index is 326. The lowest BCUT2D eigenvalue weighted by atomic mass is 10.4. The summed E-state index contributed by atoms with van der Waals surface area (Å²) >= 11 is 0. The Balaban J connectivity index is 1.75. The van der Waals surface area contributed by atoms with Crippen LogP contribution in [0.3, 0.4) is 0 Å². The molecule has 2 heterocycles. The van der Waals surface area contributed by atoms with Gasteiger partial charge < -0.3 is 10.5 Å². The van der Waals surface area contributed by atoms with Gasteiger partial charge in [0.1, 0.15) is 6.61 Å². The molecule has 0 radical (unpaired) electrons. The van der Waals surface area contributed by atoms with E-state index < -0.39 is 0 Å². The lowest BCUT2D eigenvalue weighted by Crippen LogP contribution is -2.25. The second-order valence-electron chi connectivity index (χ2n) is 3.95. The van der Waals surface area contributed by atoms with E-state index in [1.165, 1.54) is 25.9 Å². The zero-order valence-electron chi connectivity index (χ0n) is 9.43. The summed E-state index contributed by atoms with van der Waals surface area (Å²) in [7, 11) is 0. The van der Waals surface area contributed by atoms with Crippen LogP contribution in [-0.2, 0) is 6.54 Å². The number of aromatic nitrogens is 2. The van der Waals surface area contributed by atoms with Crippen molar-refractivity contribution < 1.29 is 4.74 Å². The molecule has 0 aliphatic carbocycles. The van der Waals surface area contributed by atoms with Crippen LogP contribution in [0.4, 0.5) is 0 Å². The van der Waals surface area contributed by atoms with Crippen LogP contribution in [-0.4, -0.2) is 41.1 Å². The Kier molecular flexibility index (Phi) is 4.07. The highest BCUT2D eigenvalue weighted by molar-refractivity contribution is 5.07. The SMILES string of the molecule is NCc1cncc(OCCN2CCCC2)n1. The van der Waals surface area contributed by atoms with Crippen molar-refractivity contribution in [3.05, 3.63) is 18.1 Å². The second-order valence-corrected chi connectivity index (χ2v) is 3.95. The first-order valence-corrected chi connectivity index (χ1v) is 5.74. The molecule has 1 aliphatic heterocycles. The van der Waals surface area contributed by atoms with Gasteiger partial charge in [0.05, 0.1) is 11.9 Å². The summed E-state index contributed by atoms with van der Waals surface area (Å²) in [6.45, 7) is 4.42. The Morgan fingerprint density at radius 2 is 2.12 bits per heavy atom. The van der Waals surface area contributed by atoms with Gasteiger partial charge in [0.25, 0.3) is 0 Å². The number of rotatable bonds is 5. The maximum absolute atomic E-state index is 5.54. The molecule has 0 aromatic carbocycles. The fourth-order valence-corrected chi connectivity index (χ4v) is 1.84. The fraction of sp³-hybridized carbons (Fsp3) is 0.636. The first-order valence-electron chi connectivity index (χ1n) is 5.74. The minimum atomic E-state index is 0.399. The van der Waals surface area contributed by atoms with E-state index in [-0.39, 0.29) is 0 Å². The minimum Gasteiger partial charge on any atom is -0.475 e. The molecule has 16 heavy (non-hydrogen) atoms.